The average molecular weight is 786 g/mol. The number of benzene rings is 10. The van der Waals surface area contributed by atoms with Crippen LogP contribution in [0.4, 0.5) is 17.1 Å². The maximum Gasteiger partial charge on any atom is 0.0640 e. The van der Waals surface area contributed by atoms with Crippen LogP contribution in [0.15, 0.2) is 212 Å². The van der Waals surface area contributed by atoms with Gasteiger partial charge in [-0.1, -0.05) is 158 Å². The topological polar surface area (TPSA) is 3.24 Å². The van der Waals surface area contributed by atoms with E-state index in [2.05, 4.69) is 217 Å². The standard InChI is InChI=1S/C56H35NS2/c1-2-12-40-34-41(21-20-36(40)10-1)37-22-27-43(28-23-37)57(44-29-24-38(25-30-44)42-26-31-48-47-15-5-7-18-52(47)58-54(48)35-42)51-33-32-49(46-17-9-13-39-11-3-4-14-45(39)46)55-50-16-6-8-19-53(50)59-56(51)55/h1-35H. The van der Waals surface area contributed by atoms with E-state index in [9.17, 15) is 0 Å². The molecule has 0 unspecified atom stereocenters. The number of hydrogen-bond donors (Lipinski definition) is 0. The first-order chi connectivity index (χ1) is 29.2. The van der Waals surface area contributed by atoms with Crippen LogP contribution in [-0.2, 0) is 0 Å². The van der Waals surface area contributed by atoms with Gasteiger partial charge in [0.25, 0.3) is 0 Å². The van der Waals surface area contributed by atoms with Crippen molar-refractivity contribution in [1.29, 1.82) is 0 Å². The molecular weight excluding hydrogens is 751 g/mol. The smallest absolute Gasteiger partial charge is 0.0640 e. The summed E-state index contributed by atoms with van der Waals surface area (Å²) in [6, 6.07) is 78.2. The summed E-state index contributed by atoms with van der Waals surface area (Å²) in [6.07, 6.45) is 0. The SMILES string of the molecule is c1ccc2cc(-c3ccc(N(c4ccc(-c5ccc6c(c5)sc5ccccc56)cc4)c4ccc(-c5cccc6ccccc56)c5c4sc4ccccc45)cc3)ccc2c1. The van der Waals surface area contributed by atoms with E-state index in [4.69, 9.17) is 0 Å². The molecule has 276 valence electrons. The lowest BCUT2D eigenvalue weighted by Crippen LogP contribution is -2.10. The second-order valence-corrected chi connectivity index (χ2v) is 17.4. The van der Waals surface area contributed by atoms with Gasteiger partial charge in [-0.3, -0.25) is 0 Å². The molecule has 0 saturated heterocycles. The zero-order chi connectivity index (χ0) is 38.9. The predicted molar refractivity (Wildman–Crippen MR) is 258 cm³/mol. The number of fused-ring (bicyclic) bond motifs is 8. The van der Waals surface area contributed by atoms with Crippen molar-refractivity contribution in [3.8, 4) is 33.4 Å². The predicted octanol–water partition coefficient (Wildman–Crippen LogP) is 17.2. The fourth-order valence-corrected chi connectivity index (χ4v) is 11.4. The van der Waals surface area contributed by atoms with Gasteiger partial charge in [0.05, 0.1) is 10.4 Å². The van der Waals surface area contributed by atoms with E-state index in [1.807, 2.05) is 22.7 Å². The fourth-order valence-electron chi connectivity index (χ4n) is 8.98. The Balaban J connectivity index is 1.03. The molecule has 0 aliphatic heterocycles. The normalized spacial score (nSPS) is 11.7. The van der Waals surface area contributed by atoms with Gasteiger partial charge >= 0.3 is 0 Å². The highest BCUT2D eigenvalue weighted by atomic mass is 32.1. The van der Waals surface area contributed by atoms with Gasteiger partial charge in [-0.05, 0) is 110 Å². The molecular formula is C56H35NS2. The van der Waals surface area contributed by atoms with Crippen LogP contribution in [0.5, 0.6) is 0 Å². The molecule has 0 amide bonds. The van der Waals surface area contributed by atoms with Gasteiger partial charge in [0.1, 0.15) is 0 Å². The Bertz CT molecular complexity index is 3550. The van der Waals surface area contributed by atoms with Crippen LogP contribution in [0.25, 0.3) is 95.3 Å². The van der Waals surface area contributed by atoms with Gasteiger partial charge in [0.15, 0.2) is 0 Å². The van der Waals surface area contributed by atoms with E-state index in [0.29, 0.717) is 0 Å². The molecule has 0 atom stereocenters. The third-order valence-corrected chi connectivity index (χ3v) is 14.2. The van der Waals surface area contributed by atoms with Gasteiger partial charge < -0.3 is 4.90 Å². The third-order valence-electron chi connectivity index (χ3n) is 11.9. The molecule has 0 spiro atoms. The summed E-state index contributed by atoms with van der Waals surface area (Å²) in [7, 11) is 0. The van der Waals surface area contributed by atoms with Crippen LogP contribution in [-0.4, -0.2) is 0 Å². The zero-order valence-electron chi connectivity index (χ0n) is 32.0. The summed E-state index contributed by atoms with van der Waals surface area (Å²) in [4.78, 5) is 2.45. The van der Waals surface area contributed by atoms with Crippen molar-refractivity contribution < 1.29 is 0 Å². The lowest BCUT2D eigenvalue weighted by Gasteiger charge is -2.27. The molecule has 1 nitrogen and oxygen atoms in total. The molecule has 2 heterocycles. The Morgan fingerprint density at radius 3 is 1.63 bits per heavy atom. The summed E-state index contributed by atoms with van der Waals surface area (Å²) in [5.41, 5.74) is 10.8. The Morgan fingerprint density at radius 1 is 0.305 bits per heavy atom. The molecule has 12 rings (SSSR count). The lowest BCUT2D eigenvalue weighted by atomic mass is 9.94. The van der Waals surface area contributed by atoms with Crippen molar-refractivity contribution in [2.45, 2.75) is 0 Å². The van der Waals surface area contributed by atoms with Crippen LogP contribution in [0.1, 0.15) is 0 Å². The van der Waals surface area contributed by atoms with E-state index in [-0.39, 0.29) is 0 Å². The largest absolute Gasteiger partial charge is 0.309 e. The number of hydrogen-bond acceptors (Lipinski definition) is 3. The minimum absolute atomic E-state index is 1.12. The van der Waals surface area contributed by atoms with Crippen molar-refractivity contribution in [2.24, 2.45) is 0 Å². The monoisotopic (exact) mass is 785 g/mol. The van der Waals surface area contributed by atoms with E-state index in [1.54, 1.807) is 0 Å². The molecule has 10 aromatic carbocycles. The van der Waals surface area contributed by atoms with Gasteiger partial charge in [-0.2, -0.15) is 0 Å². The Kier molecular flexibility index (Phi) is 7.97. The highest BCUT2D eigenvalue weighted by Crippen LogP contribution is 2.49. The molecule has 0 bridgehead atoms. The second kappa shape index (κ2) is 13.8. The first kappa shape index (κ1) is 34.0. The highest BCUT2D eigenvalue weighted by Gasteiger charge is 2.22. The van der Waals surface area contributed by atoms with Crippen LogP contribution >= 0.6 is 22.7 Å². The maximum absolute atomic E-state index is 2.45. The molecule has 12 aromatic rings. The van der Waals surface area contributed by atoms with E-state index in [1.165, 1.54) is 101 Å². The molecule has 0 saturated carbocycles. The summed E-state index contributed by atoms with van der Waals surface area (Å²) in [5, 5.41) is 10.3. The molecule has 59 heavy (non-hydrogen) atoms. The summed E-state index contributed by atoms with van der Waals surface area (Å²) in [5.74, 6) is 0. The second-order valence-electron chi connectivity index (χ2n) is 15.3. The first-order valence-corrected chi connectivity index (χ1v) is 21.7. The van der Waals surface area contributed by atoms with Crippen LogP contribution in [0, 0.1) is 0 Å². The van der Waals surface area contributed by atoms with Crippen molar-refractivity contribution in [2.75, 3.05) is 4.90 Å². The van der Waals surface area contributed by atoms with Crippen LogP contribution < -0.4 is 4.90 Å². The Morgan fingerprint density at radius 2 is 0.864 bits per heavy atom. The number of anilines is 3. The maximum atomic E-state index is 2.45. The van der Waals surface area contributed by atoms with Crippen molar-refractivity contribution in [3.05, 3.63) is 212 Å². The molecule has 0 fully saturated rings. The minimum Gasteiger partial charge on any atom is -0.309 e. The van der Waals surface area contributed by atoms with E-state index in [0.717, 1.165) is 11.4 Å². The number of nitrogens with zero attached hydrogens (tertiary/aromatic N) is 1. The highest BCUT2D eigenvalue weighted by molar-refractivity contribution is 7.26. The number of thiophene rings is 2. The average Bonchev–Trinajstić information content (AvgIpc) is 3.88. The minimum atomic E-state index is 1.12. The zero-order valence-corrected chi connectivity index (χ0v) is 33.6. The van der Waals surface area contributed by atoms with Crippen molar-refractivity contribution in [1.82, 2.24) is 0 Å². The molecule has 0 aliphatic carbocycles. The molecule has 0 aliphatic rings. The van der Waals surface area contributed by atoms with Crippen LogP contribution in [0.2, 0.25) is 0 Å². The van der Waals surface area contributed by atoms with E-state index >= 15 is 0 Å². The van der Waals surface area contributed by atoms with Gasteiger partial charge in [-0.25, -0.2) is 0 Å². The van der Waals surface area contributed by atoms with E-state index < -0.39 is 0 Å². The summed E-state index contributed by atoms with van der Waals surface area (Å²) >= 11 is 3.75. The quantitative estimate of drug-likeness (QED) is 0.162. The van der Waals surface area contributed by atoms with Crippen molar-refractivity contribution >= 4 is 102 Å². The summed E-state index contributed by atoms with van der Waals surface area (Å²) < 4.78 is 5.21. The van der Waals surface area contributed by atoms with Gasteiger partial charge in [0.2, 0.25) is 0 Å². The third kappa shape index (κ3) is 5.73. The molecule has 3 heteroatoms. The Labute approximate surface area is 350 Å². The van der Waals surface area contributed by atoms with Crippen LogP contribution in [0.3, 0.4) is 0 Å². The summed E-state index contributed by atoms with van der Waals surface area (Å²) in [6.45, 7) is 0. The van der Waals surface area contributed by atoms with Crippen molar-refractivity contribution in [3.63, 3.8) is 0 Å². The van der Waals surface area contributed by atoms with Gasteiger partial charge in [-0.15, -0.1) is 22.7 Å². The molecule has 0 N–H and O–H groups in total. The first-order valence-electron chi connectivity index (χ1n) is 20.1. The lowest BCUT2D eigenvalue weighted by molar-refractivity contribution is 1.30. The Hall–Kier alpha value is -7.04. The molecule has 2 aromatic heterocycles. The number of rotatable bonds is 6. The fraction of sp³-hybridized carbons (Fsp3) is 0. The molecule has 0 radical (unpaired) electrons. The van der Waals surface area contributed by atoms with Gasteiger partial charge in [0, 0.05) is 47.0 Å².